The Bertz CT molecular complexity index is 1150. The fourth-order valence-electron chi connectivity index (χ4n) is 3.54. The second kappa shape index (κ2) is 7.44. The van der Waals surface area contributed by atoms with Crippen molar-refractivity contribution in [3.8, 4) is 6.07 Å². The van der Waals surface area contributed by atoms with Crippen molar-refractivity contribution < 1.29 is 4.79 Å². The lowest BCUT2D eigenvalue weighted by Crippen LogP contribution is -2.36. The minimum Gasteiger partial charge on any atom is -0.365 e. The van der Waals surface area contributed by atoms with Crippen LogP contribution in [0.15, 0.2) is 35.1 Å². The number of anilines is 1. The summed E-state index contributed by atoms with van der Waals surface area (Å²) in [6.45, 7) is 1.90. The van der Waals surface area contributed by atoms with Crippen molar-refractivity contribution in [1.29, 1.82) is 5.26 Å². The second-order valence-corrected chi connectivity index (χ2v) is 7.86. The Morgan fingerprint density at radius 2 is 2.00 bits per heavy atom. The molecule has 0 radical (unpaired) electrons. The number of amides is 1. The number of nitrogens with zero attached hydrogens (tertiary/aromatic N) is 4. The Kier molecular flexibility index (Phi) is 4.84. The molecule has 1 aromatic carbocycles. The molecule has 1 fully saturated rings. The van der Waals surface area contributed by atoms with Crippen LogP contribution in [-0.4, -0.2) is 28.5 Å². The topological polar surface area (TPSA) is 105 Å². The van der Waals surface area contributed by atoms with Crippen molar-refractivity contribution in [2.24, 2.45) is 5.73 Å². The Labute approximate surface area is 165 Å². The van der Waals surface area contributed by atoms with Gasteiger partial charge >= 0.3 is 0 Å². The number of fused-ring (bicyclic) bond motifs is 1. The number of nitrogens with two attached hydrogens (primary N) is 1. The Hall–Kier alpha value is -3.18. The summed E-state index contributed by atoms with van der Waals surface area (Å²) >= 11 is 1.07. The molecule has 142 valence electrons. The third-order valence-electron chi connectivity index (χ3n) is 4.96. The largest absolute Gasteiger partial charge is 0.365 e. The molecule has 3 aromatic rings. The molecule has 0 atom stereocenters. The maximum absolute atomic E-state index is 13.3. The number of carbonyl (C=O) groups excluding carboxylic acids is 1. The van der Waals surface area contributed by atoms with Gasteiger partial charge in [0.15, 0.2) is 0 Å². The van der Waals surface area contributed by atoms with Crippen LogP contribution in [0, 0.1) is 11.3 Å². The molecule has 0 saturated carbocycles. The molecule has 1 saturated heterocycles. The molecule has 0 unspecified atom stereocenters. The highest BCUT2D eigenvalue weighted by Crippen LogP contribution is 2.26. The molecule has 1 aliphatic heterocycles. The summed E-state index contributed by atoms with van der Waals surface area (Å²) in [6, 6.07) is 11.0. The van der Waals surface area contributed by atoms with Gasteiger partial charge in [-0.25, -0.2) is 4.98 Å². The van der Waals surface area contributed by atoms with Crippen molar-refractivity contribution in [2.45, 2.75) is 25.8 Å². The van der Waals surface area contributed by atoms with Crippen LogP contribution in [0.1, 0.15) is 40.1 Å². The Morgan fingerprint density at radius 3 is 2.71 bits per heavy atom. The van der Waals surface area contributed by atoms with E-state index in [4.69, 9.17) is 10.7 Å². The van der Waals surface area contributed by atoms with E-state index in [0.29, 0.717) is 26.6 Å². The minimum absolute atomic E-state index is 0.212. The van der Waals surface area contributed by atoms with Crippen LogP contribution in [0.25, 0.3) is 10.2 Å². The second-order valence-electron chi connectivity index (χ2n) is 6.81. The van der Waals surface area contributed by atoms with Crippen LogP contribution in [0.2, 0.25) is 0 Å². The van der Waals surface area contributed by atoms with Gasteiger partial charge in [-0.2, -0.15) is 5.26 Å². The molecule has 0 bridgehead atoms. The highest BCUT2D eigenvalue weighted by molar-refractivity contribution is 7.20. The first-order valence-electron chi connectivity index (χ1n) is 9.15. The first-order chi connectivity index (χ1) is 13.6. The zero-order valence-electron chi connectivity index (χ0n) is 15.2. The average Bonchev–Trinajstić information content (AvgIpc) is 3.16. The zero-order valence-corrected chi connectivity index (χ0v) is 16.0. The van der Waals surface area contributed by atoms with Gasteiger partial charge < -0.3 is 10.6 Å². The molecule has 1 aliphatic rings. The van der Waals surface area contributed by atoms with Crippen molar-refractivity contribution in [2.75, 3.05) is 18.0 Å². The van der Waals surface area contributed by atoms with Gasteiger partial charge in [-0.05, 0) is 37.0 Å². The van der Waals surface area contributed by atoms with Gasteiger partial charge in [0.2, 0.25) is 5.95 Å². The smallest absolute Gasteiger partial charge is 0.273 e. The first-order valence-corrected chi connectivity index (χ1v) is 9.97. The maximum Gasteiger partial charge on any atom is 0.273 e. The summed E-state index contributed by atoms with van der Waals surface area (Å²) in [5.74, 6) is 0.0158. The van der Waals surface area contributed by atoms with Crippen molar-refractivity contribution in [1.82, 2.24) is 9.55 Å². The molecule has 0 aliphatic carbocycles. The monoisotopic (exact) mass is 393 g/mol. The van der Waals surface area contributed by atoms with E-state index >= 15 is 0 Å². The van der Waals surface area contributed by atoms with Gasteiger partial charge in [-0.1, -0.05) is 18.2 Å². The summed E-state index contributed by atoms with van der Waals surface area (Å²) in [6.07, 6.45) is 3.24. The number of carbonyl (C=O) groups is 1. The fourth-order valence-corrected chi connectivity index (χ4v) is 4.43. The van der Waals surface area contributed by atoms with E-state index in [1.165, 1.54) is 0 Å². The third-order valence-corrected chi connectivity index (χ3v) is 6.09. The number of thiophene rings is 1. The van der Waals surface area contributed by atoms with Crippen LogP contribution < -0.4 is 16.2 Å². The van der Waals surface area contributed by atoms with E-state index in [1.807, 2.05) is 12.1 Å². The molecule has 3 heterocycles. The lowest BCUT2D eigenvalue weighted by molar-refractivity contribution is 0.100. The van der Waals surface area contributed by atoms with Gasteiger partial charge in [-0.15, -0.1) is 11.3 Å². The predicted molar refractivity (Wildman–Crippen MR) is 109 cm³/mol. The van der Waals surface area contributed by atoms with Crippen LogP contribution in [-0.2, 0) is 6.54 Å². The van der Waals surface area contributed by atoms with Crippen LogP contribution in [0.4, 0.5) is 5.95 Å². The molecule has 4 rings (SSSR count). The number of hydrogen-bond donors (Lipinski definition) is 1. The number of aromatic nitrogens is 2. The van der Waals surface area contributed by atoms with E-state index < -0.39 is 5.91 Å². The van der Waals surface area contributed by atoms with Crippen molar-refractivity contribution in [3.63, 3.8) is 0 Å². The standard InChI is InChI=1S/C20H19N5O2S/c21-11-13-6-2-3-7-14(13)12-25-19(27)17-15(10-16(28-17)18(22)26)23-20(25)24-8-4-1-5-9-24/h2-3,6-7,10H,1,4-5,8-9,12H2,(H2,22,26). The van der Waals surface area contributed by atoms with Crippen molar-refractivity contribution in [3.05, 3.63) is 56.7 Å². The van der Waals surface area contributed by atoms with Crippen LogP contribution >= 0.6 is 11.3 Å². The molecule has 8 heteroatoms. The van der Waals surface area contributed by atoms with Gasteiger partial charge in [0, 0.05) is 13.1 Å². The summed E-state index contributed by atoms with van der Waals surface area (Å²) < 4.78 is 2.02. The molecule has 28 heavy (non-hydrogen) atoms. The minimum atomic E-state index is -0.566. The normalized spacial score (nSPS) is 14.2. The molecule has 0 spiro atoms. The van der Waals surface area contributed by atoms with E-state index in [0.717, 1.165) is 49.3 Å². The lowest BCUT2D eigenvalue weighted by Gasteiger charge is -2.29. The summed E-state index contributed by atoms with van der Waals surface area (Å²) in [4.78, 5) is 32.0. The quantitative estimate of drug-likeness (QED) is 0.733. The Morgan fingerprint density at radius 1 is 1.25 bits per heavy atom. The molecule has 2 aromatic heterocycles. The van der Waals surface area contributed by atoms with E-state index in [-0.39, 0.29) is 12.1 Å². The molecular weight excluding hydrogens is 374 g/mol. The predicted octanol–water partition coefficient (Wildman–Crippen LogP) is 2.47. The van der Waals surface area contributed by atoms with Crippen molar-refractivity contribution >= 4 is 33.4 Å². The van der Waals surface area contributed by atoms with Gasteiger partial charge in [0.1, 0.15) is 4.70 Å². The lowest BCUT2D eigenvalue weighted by atomic mass is 10.1. The summed E-state index contributed by atoms with van der Waals surface area (Å²) in [5.41, 5.74) is 6.97. The average molecular weight is 393 g/mol. The molecule has 2 N–H and O–H groups in total. The zero-order chi connectivity index (χ0) is 19.7. The van der Waals surface area contributed by atoms with Gasteiger partial charge in [-0.3, -0.25) is 14.2 Å². The van der Waals surface area contributed by atoms with E-state index in [2.05, 4.69) is 11.0 Å². The SMILES string of the molecule is N#Cc1ccccc1Cn1c(N2CCCCC2)nc2cc(C(N)=O)sc2c1=O. The number of hydrogen-bond acceptors (Lipinski definition) is 6. The highest BCUT2D eigenvalue weighted by Gasteiger charge is 2.22. The Balaban J connectivity index is 1.91. The molecular formula is C20H19N5O2S. The first kappa shape index (κ1) is 18.2. The number of rotatable bonds is 4. The van der Waals surface area contributed by atoms with E-state index in [9.17, 15) is 14.9 Å². The summed E-state index contributed by atoms with van der Waals surface area (Å²) in [5, 5.41) is 9.41. The number of nitriles is 1. The van der Waals surface area contributed by atoms with E-state index in [1.54, 1.807) is 22.8 Å². The third kappa shape index (κ3) is 3.25. The number of piperidine rings is 1. The highest BCUT2D eigenvalue weighted by atomic mass is 32.1. The molecule has 1 amide bonds. The fraction of sp³-hybridized carbons (Fsp3) is 0.300. The van der Waals surface area contributed by atoms with Gasteiger partial charge in [0.25, 0.3) is 11.5 Å². The maximum atomic E-state index is 13.3. The van der Waals surface area contributed by atoms with Crippen LogP contribution in [0.3, 0.4) is 0 Å². The van der Waals surface area contributed by atoms with Gasteiger partial charge in [0.05, 0.1) is 28.6 Å². The van der Waals surface area contributed by atoms with Crippen LogP contribution in [0.5, 0.6) is 0 Å². The summed E-state index contributed by atoms with van der Waals surface area (Å²) in [7, 11) is 0. The molecule has 7 nitrogen and oxygen atoms in total. The number of primary amides is 1. The number of benzene rings is 1.